The van der Waals surface area contributed by atoms with Crippen LogP contribution in [0.5, 0.6) is 0 Å². The fourth-order valence-electron chi connectivity index (χ4n) is 2.80. The van der Waals surface area contributed by atoms with Crippen molar-refractivity contribution < 1.29 is 14.7 Å². The molecular formula is C16H15ClN2O3. The first kappa shape index (κ1) is 14.8. The number of hydrogen-bond acceptors (Lipinski definition) is 3. The van der Waals surface area contributed by atoms with Crippen molar-refractivity contribution in [3.8, 4) is 0 Å². The average molecular weight is 319 g/mol. The van der Waals surface area contributed by atoms with Crippen LogP contribution in [0.25, 0.3) is 10.9 Å². The number of amides is 1. The molecule has 1 aliphatic rings. The van der Waals surface area contributed by atoms with Gasteiger partial charge in [0.1, 0.15) is 0 Å². The molecule has 1 aromatic heterocycles. The lowest BCUT2D eigenvalue weighted by molar-refractivity contribution is -0.147. The number of rotatable bonds is 2. The largest absolute Gasteiger partial charge is 0.481 e. The second-order valence-electron chi connectivity index (χ2n) is 5.87. The SMILES string of the molecule is CC1(C(=O)O)CCN(C(=O)c2cc(Cl)cc3cccnc23)C1. The van der Waals surface area contributed by atoms with E-state index in [0.29, 0.717) is 29.1 Å². The molecular weight excluding hydrogens is 304 g/mol. The van der Waals surface area contributed by atoms with E-state index >= 15 is 0 Å². The number of fused-ring (bicyclic) bond motifs is 1. The first-order valence-electron chi connectivity index (χ1n) is 6.98. The Kier molecular flexibility index (Phi) is 3.53. The Morgan fingerprint density at radius 1 is 1.41 bits per heavy atom. The summed E-state index contributed by atoms with van der Waals surface area (Å²) in [5.74, 6) is -1.10. The van der Waals surface area contributed by atoms with Crippen LogP contribution in [0, 0.1) is 5.41 Å². The number of pyridine rings is 1. The molecule has 0 saturated carbocycles. The number of carbonyl (C=O) groups is 2. The number of benzene rings is 1. The third-order valence-corrected chi connectivity index (χ3v) is 4.40. The highest BCUT2D eigenvalue weighted by atomic mass is 35.5. The topological polar surface area (TPSA) is 70.5 Å². The Hall–Kier alpha value is -2.14. The zero-order valence-electron chi connectivity index (χ0n) is 12.0. The fourth-order valence-corrected chi connectivity index (χ4v) is 3.02. The zero-order valence-corrected chi connectivity index (χ0v) is 12.8. The Morgan fingerprint density at radius 3 is 2.86 bits per heavy atom. The minimum Gasteiger partial charge on any atom is -0.481 e. The minimum absolute atomic E-state index is 0.196. The molecule has 0 spiro atoms. The predicted octanol–water partition coefficient (Wildman–Crippen LogP) is 2.83. The lowest BCUT2D eigenvalue weighted by Gasteiger charge is -2.20. The molecule has 1 N–H and O–H groups in total. The predicted molar refractivity (Wildman–Crippen MR) is 83.0 cm³/mol. The molecule has 0 bridgehead atoms. The van der Waals surface area contributed by atoms with Gasteiger partial charge in [-0.3, -0.25) is 14.6 Å². The molecule has 0 radical (unpaired) electrons. The van der Waals surface area contributed by atoms with Crippen LogP contribution in [0.2, 0.25) is 5.02 Å². The number of nitrogens with zero attached hydrogens (tertiary/aromatic N) is 2. The van der Waals surface area contributed by atoms with Crippen molar-refractivity contribution in [1.82, 2.24) is 9.88 Å². The molecule has 1 unspecified atom stereocenters. The van der Waals surface area contributed by atoms with E-state index in [-0.39, 0.29) is 12.5 Å². The van der Waals surface area contributed by atoms with Crippen LogP contribution in [0.4, 0.5) is 0 Å². The maximum absolute atomic E-state index is 12.8. The molecule has 1 fully saturated rings. The summed E-state index contributed by atoms with van der Waals surface area (Å²) in [5, 5.41) is 10.5. The van der Waals surface area contributed by atoms with Gasteiger partial charge in [0, 0.05) is 29.7 Å². The first-order valence-corrected chi connectivity index (χ1v) is 7.35. The van der Waals surface area contributed by atoms with E-state index in [4.69, 9.17) is 11.6 Å². The summed E-state index contributed by atoms with van der Waals surface area (Å²) >= 11 is 6.09. The summed E-state index contributed by atoms with van der Waals surface area (Å²) in [4.78, 5) is 29.9. The second-order valence-corrected chi connectivity index (χ2v) is 6.31. The van der Waals surface area contributed by atoms with E-state index in [1.165, 1.54) is 0 Å². The molecule has 2 heterocycles. The van der Waals surface area contributed by atoms with Gasteiger partial charge < -0.3 is 10.0 Å². The van der Waals surface area contributed by atoms with E-state index in [9.17, 15) is 14.7 Å². The second kappa shape index (κ2) is 5.25. The monoisotopic (exact) mass is 318 g/mol. The van der Waals surface area contributed by atoms with Crippen molar-refractivity contribution in [3.05, 3.63) is 41.0 Å². The molecule has 1 amide bonds. The Labute approximate surface area is 132 Å². The molecule has 22 heavy (non-hydrogen) atoms. The molecule has 114 valence electrons. The molecule has 0 aliphatic carbocycles. The smallest absolute Gasteiger partial charge is 0.311 e. The summed E-state index contributed by atoms with van der Waals surface area (Å²) in [6.45, 7) is 2.28. The molecule has 3 rings (SSSR count). The highest BCUT2D eigenvalue weighted by molar-refractivity contribution is 6.32. The van der Waals surface area contributed by atoms with Crippen molar-refractivity contribution >= 4 is 34.4 Å². The van der Waals surface area contributed by atoms with Gasteiger partial charge >= 0.3 is 5.97 Å². The number of aromatic nitrogens is 1. The molecule has 1 aromatic carbocycles. The van der Waals surface area contributed by atoms with E-state index in [2.05, 4.69) is 4.98 Å². The van der Waals surface area contributed by atoms with Crippen LogP contribution in [-0.2, 0) is 4.79 Å². The number of halogens is 1. The van der Waals surface area contributed by atoms with Gasteiger partial charge in [0.05, 0.1) is 16.5 Å². The van der Waals surface area contributed by atoms with Gasteiger partial charge in [0.2, 0.25) is 0 Å². The van der Waals surface area contributed by atoms with Crippen LogP contribution < -0.4 is 0 Å². The van der Waals surface area contributed by atoms with Gasteiger partial charge in [-0.25, -0.2) is 0 Å². The van der Waals surface area contributed by atoms with Crippen molar-refractivity contribution in [2.24, 2.45) is 5.41 Å². The number of carbonyl (C=O) groups excluding carboxylic acids is 1. The summed E-state index contributed by atoms with van der Waals surface area (Å²) in [6, 6.07) is 6.97. The highest BCUT2D eigenvalue weighted by Gasteiger charge is 2.42. The van der Waals surface area contributed by atoms with Gasteiger partial charge in [-0.1, -0.05) is 17.7 Å². The van der Waals surface area contributed by atoms with Crippen molar-refractivity contribution in [3.63, 3.8) is 0 Å². The lowest BCUT2D eigenvalue weighted by Crippen LogP contribution is -2.35. The van der Waals surface area contributed by atoms with Crippen LogP contribution >= 0.6 is 11.6 Å². The molecule has 1 saturated heterocycles. The van der Waals surface area contributed by atoms with E-state index in [0.717, 1.165) is 5.39 Å². The molecule has 1 atom stereocenters. The molecule has 2 aromatic rings. The number of carboxylic acids is 1. The first-order chi connectivity index (χ1) is 10.4. The number of aliphatic carboxylic acids is 1. The third kappa shape index (κ3) is 2.41. The Balaban J connectivity index is 1.99. The normalized spacial score (nSPS) is 21.3. The highest BCUT2D eigenvalue weighted by Crippen LogP contribution is 2.32. The van der Waals surface area contributed by atoms with E-state index in [1.807, 2.05) is 6.07 Å². The molecule has 5 nitrogen and oxygen atoms in total. The van der Waals surface area contributed by atoms with Crippen LogP contribution in [-0.4, -0.2) is 40.0 Å². The van der Waals surface area contributed by atoms with E-state index < -0.39 is 11.4 Å². The number of carboxylic acid groups (broad SMARTS) is 1. The number of likely N-dealkylation sites (tertiary alicyclic amines) is 1. The standard InChI is InChI=1S/C16H15ClN2O3/c1-16(15(21)22)4-6-19(9-16)14(20)12-8-11(17)7-10-3-2-5-18-13(10)12/h2-3,5,7-8H,4,6,9H2,1H3,(H,21,22). The average Bonchev–Trinajstić information content (AvgIpc) is 2.89. The lowest BCUT2D eigenvalue weighted by atomic mass is 9.90. The summed E-state index contributed by atoms with van der Waals surface area (Å²) < 4.78 is 0. The van der Waals surface area contributed by atoms with Crippen molar-refractivity contribution in [1.29, 1.82) is 0 Å². The Bertz CT molecular complexity index is 777. The Morgan fingerprint density at radius 2 is 2.18 bits per heavy atom. The van der Waals surface area contributed by atoms with Crippen LogP contribution in [0.3, 0.4) is 0 Å². The van der Waals surface area contributed by atoms with Gasteiger partial charge in [-0.05, 0) is 31.5 Å². The van der Waals surface area contributed by atoms with Gasteiger partial charge in [0.15, 0.2) is 0 Å². The quantitative estimate of drug-likeness (QED) is 0.924. The molecule has 1 aliphatic heterocycles. The maximum atomic E-state index is 12.8. The van der Waals surface area contributed by atoms with Gasteiger partial charge in [0.25, 0.3) is 5.91 Å². The fraction of sp³-hybridized carbons (Fsp3) is 0.312. The van der Waals surface area contributed by atoms with Crippen molar-refractivity contribution in [2.75, 3.05) is 13.1 Å². The van der Waals surface area contributed by atoms with Crippen LogP contribution in [0.15, 0.2) is 30.5 Å². The van der Waals surface area contributed by atoms with Crippen molar-refractivity contribution in [2.45, 2.75) is 13.3 Å². The summed E-state index contributed by atoms with van der Waals surface area (Å²) in [6.07, 6.45) is 2.07. The summed E-state index contributed by atoms with van der Waals surface area (Å²) in [7, 11) is 0. The van der Waals surface area contributed by atoms with Crippen LogP contribution in [0.1, 0.15) is 23.7 Å². The van der Waals surface area contributed by atoms with Gasteiger partial charge in [-0.2, -0.15) is 0 Å². The number of hydrogen-bond donors (Lipinski definition) is 1. The van der Waals surface area contributed by atoms with Gasteiger partial charge in [-0.15, -0.1) is 0 Å². The maximum Gasteiger partial charge on any atom is 0.311 e. The summed E-state index contributed by atoms with van der Waals surface area (Å²) in [5.41, 5.74) is 0.107. The van der Waals surface area contributed by atoms with E-state index in [1.54, 1.807) is 36.2 Å². The molecule has 6 heteroatoms. The third-order valence-electron chi connectivity index (χ3n) is 4.18. The zero-order chi connectivity index (χ0) is 15.9. The minimum atomic E-state index is -0.891.